The van der Waals surface area contributed by atoms with Gasteiger partial charge in [-0.05, 0) is 25.3 Å². The van der Waals surface area contributed by atoms with E-state index in [1.807, 2.05) is 10.6 Å². The molecular formula is C21H30N4OS2. The van der Waals surface area contributed by atoms with E-state index in [9.17, 15) is 4.79 Å². The van der Waals surface area contributed by atoms with Crippen LogP contribution >= 0.6 is 23.1 Å². The van der Waals surface area contributed by atoms with Gasteiger partial charge in [-0.25, -0.2) is 0 Å². The number of rotatable bonds is 9. The summed E-state index contributed by atoms with van der Waals surface area (Å²) < 4.78 is 2.05. The normalized spacial score (nSPS) is 15.3. The highest BCUT2D eigenvalue weighted by Crippen LogP contribution is 2.28. The lowest BCUT2D eigenvalue weighted by molar-refractivity contribution is -0.119. The topological polar surface area (TPSA) is 59.8 Å². The number of amides is 1. The van der Waals surface area contributed by atoms with Gasteiger partial charge >= 0.3 is 0 Å². The van der Waals surface area contributed by atoms with Gasteiger partial charge < -0.3 is 5.32 Å². The highest BCUT2D eigenvalue weighted by atomic mass is 32.2. The first-order valence-electron chi connectivity index (χ1n) is 10.2. The highest BCUT2D eigenvalue weighted by Gasteiger charge is 2.18. The van der Waals surface area contributed by atoms with Crippen LogP contribution < -0.4 is 5.32 Å². The zero-order valence-corrected chi connectivity index (χ0v) is 18.3. The van der Waals surface area contributed by atoms with Gasteiger partial charge in [0.25, 0.3) is 0 Å². The second-order valence-corrected chi connectivity index (χ2v) is 9.24. The van der Waals surface area contributed by atoms with Crippen LogP contribution in [0.4, 0.5) is 0 Å². The minimum atomic E-state index is 0.0902. The number of thioether (sulfide) groups is 1. The van der Waals surface area contributed by atoms with Crippen LogP contribution in [-0.2, 0) is 17.8 Å². The van der Waals surface area contributed by atoms with Gasteiger partial charge in [-0.1, -0.05) is 56.9 Å². The number of nitrogens with zero attached hydrogens (tertiary/aromatic N) is 3. The van der Waals surface area contributed by atoms with E-state index in [2.05, 4.69) is 40.5 Å². The zero-order chi connectivity index (χ0) is 19.8. The summed E-state index contributed by atoms with van der Waals surface area (Å²) in [7, 11) is 0. The van der Waals surface area contributed by atoms with Crippen molar-refractivity contribution < 1.29 is 4.79 Å². The quantitative estimate of drug-likeness (QED) is 0.351. The van der Waals surface area contributed by atoms with E-state index >= 15 is 0 Å². The Balaban J connectivity index is 1.63. The van der Waals surface area contributed by atoms with Crippen molar-refractivity contribution in [2.45, 2.75) is 76.0 Å². The third-order valence-electron chi connectivity index (χ3n) is 4.99. The number of carbonyl (C=O) groups is 1. The predicted octanol–water partition coefficient (Wildman–Crippen LogP) is 5.08. The summed E-state index contributed by atoms with van der Waals surface area (Å²) in [5, 5.41) is 14.9. The summed E-state index contributed by atoms with van der Waals surface area (Å²) in [6.07, 6.45) is 11.3. The van der Waals surface area contributed by atoms with Crippen molar-refractivity contribution in [3.8, 4) is 11.4 Å². The fourth-order valence-corrected chi connectivity index (χ4v) is 5.33. The van der Waals surface area contributed by atoms with E-state index in [4.69, 9.17) is 0 Å². The molecule has 2 aromatic heterocycles. The van der Waals surface area contributed by atoms with Crippen LogP contribution in [0.15, 0.2) is 29.3 Å². The average Bonchev–Trinajstić information content (AvgIpc) is 3.21. The summed E-state index contributed by atoms with van der Waals surface area (Å²) in [4.78, 5) is 13.8. The molecule has 0 spiro atoms. The Labute approximate surface area is 176 Å². The Morgan fingerprint density at radius 2 is 2.14 bits per heavy atom. The molecule has 2 heterocycles. The predicted molar refractivity (Wildman–Crippen MR) is 118 cm³/mol. The SMILES string of the molecule is C=CCn1c(SCC(=O)NC2CCCCCC2)nnc1-c1csc(CCC)c1. The monoisotopic (exact) mass is 418 g/mol. The van der Waals surface area contributed by atoms with Crippen LogP contribution in [0.2, 0.25) is 0 Å². The van der Waals surface area contributed by atoms with Gasteiger partial charge in [-0.2, -0.15) is 0 Å². The second-order valence-electron chi connectivity index (χ2n) is 7.30. The first kappa shape index (κ1) is 21.1. The van der Waals surface area contributed by atoms with Gasteiger partial charge in [0.1, 0.15) is 0 Å². The van der Waals surface area contributed by atoms with Crippen LogP contribution in [0.5, 0.6) is 0 Å². The number of thiophene rings is 1. The molecule has 0 aliphatic heterocycles. The molecule has 0 unspecified atom stereocenters. The molecule has 2 aromatic rings. The van der Waals surface area contributed by atoms with E-state index in [0.717, 1.165) is 42.2 Å². The summed E-state index contributed by atoms with van der Waals surface area (Å²) in [5.74, 6) is 1.31. The highest BCUT2D eigenvalue weighted by molar-refractivity contribution is 7.99. The maximum atomic E-state index is 12.4. The third-order valence-corrected chi connectivity index (χ3v) is 6.95. The van der Waals surface area contributed by atoms with Gasteiger partial charge in [0, 0.05) is 28.4 Å². The summed E-state index contributed by atoms with van der Waals surface area (Å²) in [6, 6.07) is 2.53. The molecule has 28 heavy (non-hydrogen) atoms. The molecule has 0 radical (unpaired) electrons. The van der Waals surface area contributed by atoms with Crippen LogP contribution in [0.3, 0.4) is 0 Å². The number of aromatic nitrogens is 3. The molecule has 1 amide bonds. The van der Waals surface area contributed by atoms with Crippen LogP contribution in [0.25, 0.3) is 11.4 Å². The summed E-state index contributed by atoms with van der Waals surface area (Å²) in [6.45, 7) is 6.69. The van der Waals surface area contributed by atoms with Crippen molar-refractivity contribution in [2.24, 2.45) is 0 Å². The lowest BCUT2D eigenvalue weighted by Crippen LogP contribution is -2.35. The van der Waals surface area contributed by atoms with E-state index in [1.165, 1.54) is 42.3 Å². The molecule has 1 fully saturated rings. The second kappa shape index (κ2) is 10.8. The zero-order valence-electron chi connectivity index (χ0n) is 16.7. The summed E-state index contributed by atoms with van der Waals surface area (Å²) >= 11 is 3.22. The molecule has 1 aliphatic rings. The fraction of sp³-hybridized carbons (Fsp3) is 0.571. The van der Waals surface area contributed by atoms with Crippen molar-refractivity contribution in [1.82, 2.24) is 20.1 Å². The molecule has 7 heteroatoms. The third kappa shape index (κ3) is 5.70. The Morgan fingerprint density at radius 3 is 2.86 bits per heavy atom. The van der Waals surface area contributed by atoms with Crippen molar-refractivity contribution in [2.75, 3.05) is 5.75 Å². The van der Waals surface area contributed by atoms with E-state index in [0.29, 0.717) is 18.3 Å². The van der Waals surface area contributed by atoms with E-state index in [1.54, 1.807) is 11.3 Å². The fourth-order valence-electron chi connectivity index (χ4n) is 3.60. The molecular weight excluding hydrogens is 388 g/mol. The van der Waals surface area contributed by atoms with Gasteiger partial charge in [-0.3, -0.25) is 9.36 Å². The van der Waals surface area contributed by atoms with Gasteiger partial charge in [0.05, 0.1) is 5.75 Å². The molecule has 0 aromatic carbocycles. The molecule has 3 rings (SSSR count). The minimum Gasteiger partial charge on any atom is -0.353 e. The molecule has 0 atom stereocenters. The van der Waals surface area contributed by atoms with Gasteiger partial charge in [0.2, 0.25) is 5.91 Å². The Bertz CT molecular complexity index is 775. The number of carbonyl (C=O) groups excluding carboxylic acids is 1. The van der Waals surface area contributed by atoms with Crippen molar-refractivity contribution in [3.05, 3.63) is 29.0 Å². The lowest BCUT2D eigenvalue weighted by atomic mass is 10.1. The molecule has 0 saturated heterocycles. The summed E-state index contributed by atoms with van der Waals surface area (Å²) in [5.41, 5.74) is 1.09. The molecule has 1 aliphatic carbocycles. The first-order chi connectivity index (χ1) is 13.7. The number of aryl methyl sites for hydroxylation is 1. The lowest BCUT2D eigenvalue weighted by Gasteiger charge is -2.16. The Morgan fingerprint density at radius 1 is 1.36 bits per heavy atom. The van der Waals surface area contributed by atoms with Crippen molar-refractivity contribution in [3.63, 3.8) is 0 Å². The molecule has 1 saturated carbocycles. The van der Waals surface area contributed by atoms with Crippen LogP contribution in [-0.4, -0.2) is 32.5 Å². The number of hydrogen-bond acceptors (Lipinski definition) is 5. The Hall–Kier alpha value is -1.60. The van der Waals surface area contributed by atoms with Gasteiger partial charge in [-0.15, -0.1) is 28.1 Å². The Kier molecular flexibility index (Phi) is 8.15. The maximum Gasteiger partial charge on any atom is 0.230 e. The smallest absolute Gasteiger partial charge is 0.230 e. The molecule has 0 bridgehead atoms. The molecule has 152 valence electrons. The van der Waals surface area contributed by atoms with Crippen LogP contribution in [0.1, 0.15) is 56.7 Å². The van der Waals surface area contributed by atoms with Crippen molar-refractivity contribution >= 4 is 29.0 Å². The van der Waals surface area contributed by atoms with Gasteiger partial charge in [0.15, 0.2) is 11.0 Å². The first-order valence-corrected chi connectivity index (χ1v) is 12.1. The van der Waals surface area contributed by atoms with Crippen LogP contribution in [0, 0.1) is 0 Å². The number of nitrogens with one attached hydrogen (secondary N) is 1. The largest absolute Gasteiger partial charge is 0.353 e. The molecule has 5 nitrogen and oxygen atoms in total. The van der Waals surface area contributed by atoms with E-state index in [-0.39, 0.29) is 5.91 Å². The average molecular weight is 419 g/mol. The number of hydrogen-bond donors (Lipinski definition) is 1. The maximum absolute atomic E-state index is 12.4. The number of allylic oxidation sites excluding steroid dienone is 1. The standard InChI is InChI=1S/C21H30N4OS2/c1-3-9-18-13-16(14-27-18)20-23-24-21(25(20)12-4-2)28-15-19(26)22-17-10-7-5-6-8-11-17/h4,13-14,17H,2-3,5-12,15H2,1H3,(H,22,26). The van der Waals surface area contributed by atoms with E-state index < -0.39 is 0 Å². The molecule has 1 N–H and O–H groups in total. The van der Waals surface area contributed by atoms with Crippen molar-refractivity contribution in [1.29, 1.82) is 0 Å². The minimum absolute atomic E-state index is 0.0902.